The van der Waals surface area contributed by atoms with Gasteiger partial charge >= 0.3 is 51.4 Å². The van der Waals surface area contributed by atoms with Crippen molar-refractivity contribution in [1.82, 2.24) is 0 Å². The fourth-order valence-corrected chi connectivity index (χ4v) is 0.828. The van der Waals surface area contributed by atoms with E-state index in [0.717, 1.165) is 0 Å². The van der Waals surface area contributed by atoms with Crippen molar-refractivity contribution in [2.75, 3.05) is 0 Å². The molecule has 0 fully saturated rings. The van der Waals surface area contributed by atoms with Gasteiger partial charge in [-0.1, -0.05) is 17.8 Å². The van der Waals surface area contributed by atoms with Crippen LogP contribution >= 0.6 is 11.6 Å². The number of nitriles is 1. The van der Waals surface area contributed by atoms with Crippen molar-refractivity contribution in [2.45, 2.75) is 0 Å². The van der Waals surface area contributed by atoms with Gasteiger partial charge in [0.25, 0.3) is 0 Å². The van der Waals surface area contributed by atoms with E-state index in [0.29, 0.717) is 10.6 Å². The van der Waals surface area contributed by atoms with Gasteiger partial charge in [0.15, 0.2) is 5.91 Å². The largest absolute Gasteiger partial charge is 1.00 e. The number of nitrogens with zero attached hydrogens (tertiary/aromatic N) is 2. The minimum atomic E-state index is -0.547. The van der Waals surface area contributed by atoms with Gasteiger partial charge in [-0.05, 0) is 24.3 Å². The average Bonchev–Trinajstić information content (AvgIpc) is 2.06. The molecule has 0 heterocycles. The fourth-order valence-electron chi connectivity index (χ4n) is 0.702. The zero-order valence-electron chi connectivity index (χ0n) is 6.99. The molecule has 0 aliphatic carbocycles. The van der Waals surface area contributed by atoms with E-state index in [1.54, 1.807) is 12.1 Å². The van der Waals surface area contributed by atoms with Crippen molar-refractivity contribution in [2.24, 2.45) is 0 Å². The summed E-state index contributed by atoms with van der Waals surface area (Å²) in [5.74, 6) is -0.547. The van der Waals surface area contributed by atoms with E-state index >= 15 is 0 Å². The van der Waals surface area contributed by atoms with Crippen LogP contribution in [0.25, 0.3) is 5.32 Å². The van der Waals surface area contributed by atoms with Gasteiger partial charge in [-0.15, -0.1) is 0 Å². The van der Waals surface area contributed by atoms with Crippen LogP contribution in [0, 0.1) is 11.5 Å². The molecule has 1 amide bonds. The fraction of sp³-hybridized carbons (Fsp3) is 0. The summed E-state index contributed by atoms with van der Waals surface area (Å²) in [6, 6.07) is 6.18. The Morgan fingerprint density at radius 1 is 1.38 bits per heavy atom. The third-order valence-corrected chi connectivity index (χ3v) is 1.49. The van der Waals surface area contributed by atoms with Gasteiger partial charge in [-0.3, -0.25) is 4.79 Å². The minimum Gasteiger partial charge on any atom is -0.494 e. The number of hydrogen-bond acceptors (Lipinski definition) is 2. The van der Waals surface area contributed by atoms with Crippen LogP contribution in [0.5, 0.6) is 0 Å². The summed E-state index contributed by atoms with van der Waals surface area (Å²) in [6.45, 7) is 0. The molecule has 0 aliphatic rings. The molecule has 0 atom stereocenters. The Morgan fingerprint density at radius 2 is 1.92 bits per heavy atom. The molecule has 0 N–H and O–H groups in total. The Kier molecular flexibility index (Phi) is 6.60. The van der Waals surface area contributed by atoms with E-state index in [-0.39, 0.29) is 51.4 Å². The summed E-state index contributed by atoms with van der Waals surface area (Å²) in [5, 5.41) is 11.7. The van der Waals surface area contributed by atoms with Gasteiger partial charge in [0.1, 0.15) is 0 Å². The molecule has 0 bridgehead atoms. The maximum atomic E-state index is 10.9. The second kappa shape index (κ2) is 6.54. The van der Waals surface area contributed by atoms with Crippen LogP contribution in [-0.2, 0) is 0 Å². The SMILES string of the molecule is N#C[N-]C(=O)c1ccc(Cl)cc1.[K+]. The molecule has 0 spiro atoms. The smallest absolute Gasteiger partial charge is 0.494 e. The normalized spacial score (nSPS) is 8.00. The molecule has 1 aromatic rings. The van der Waals surface area contributed by atoms with Crippen LogP contribution in [0.2, 0.25) is 5.02 Å². The molecule has 1 rings (SSSR count). The molecule has 3 nitrogen and oxygen atoms in total. The summed E-state index contributed by atoms with van der Waals surface area (Å²) < 4.78 is 0. The quantitative estimate of drug-likeness (QED) is 0.464. The van der Waals surface area contributed by atoms with Crippen LogP contribution in [0.3, 0.4) is 0 Å². The third kappa shape index (κ3) is 4.23. The molecule has 0 saturated carbocycles. The van der Waals surface area contributed by atoms with Crippen molar-refractivity contribution in [3.8, 4) is 6.19 Å². The standard InChI is InChI=1S/C8H5ClN2O.K/c9-7-3-1-6(2-4-7)8(12)11-5-10;/h1-4H,(H,11,12);/q;+1/p-1. The maximum absolute atomic E-state index is 10.9. The first-order valence-corrected chi connectivity index (χ1v) is 3.51. The minimum absolute atomic E-state index is 0. The predicted octanol–water partition coefficient (Wildman–Crippen LogP) is -0.661. The molecule has 5 heteroatoms. The number of benzene rings is 1. The van der Waals surface area contributed by atoms with Crippen LogP contribution in [0.4, 0.5) is 0 Å². The number of amides is 1. The Balaban J connectivity index is 0.00000144. The molecule has 0 radical (unpaired) electrons. The van der Waals surface area contributed by atoms with E-state index in [1.165, 1.54) is 18.3 Å². The topological polar surface area (TPSA) is 55.0 Å². The number of halogens is 1. The molecule has 1 aromatic carbocycles. The number of carbonyl (C=O) groups is 1. The van der Waals surface area contributed by atoms with Gasteiger partial charge < -0.3 is 10.6 Å². The molecule has 0 aromatic heterocycles. The van der Waals surface area contributed by atoms with Crippen molar-refractivity contribution < 1.29 is 56.2 Å². The molecule has 0 unspecified atom stereocenters. The van der Waals surface area contributed by atoms with E-state index in [1.807, 2.05) is 0 Å². The van der Waals surface area contributed by atoms with E-state index in [4.69, 9.17) is 16.9 Å². The molecule has 13 heavy (non-hydrogen) atoms. The van der Waals surface area contributed by atoms with Crippen LogP contribution in [-0.4, -0.2) is 5.91 Å². The Hall–Kier alpha value is 0.106. The molecule has 60 valence electrons. The van der Waals surface area contributed by atoms with E-state index in [2.05, 4.69) is 5.32 Å². The van der Waals surface area contributed by atoms with Gasteiger partial charge in [-0.2, -0.15) is 0 Å². The summed E-state index contributed by atoms with van der Waals surface area (Å²) in [6.07, 6.45) is 1.42. The van der Waals surface area contributed by atoms with Gasteiger partial charge in [-0.25, -0.2) is 0 Å². The first-order valence-electron chi connectivity index (χ1n) is 3.14. The second-order valence-corrected chi connectivity index (χ2v) is 2.46. The Bertz CT molecular complexity index is 331. The van der Waals surface area contributed by atoms with E-state index < -0.39 is 5.91 Å². The van der Waals surface area contributed by atoms with Crippen LogP contribution < -0.4 is 51.4 Å². The van der Waals surface area contributed by atoms with Gasteiger partial charge in [0.2, 0.25) is 0 Å². The number of carbonyl (C=O) groups excluding carboxylic acids is 1. The van der Waals surface area contributed by atoms with Crippen LogP contribution in [0.1, 0.15) is 10.4 Å². The van der Waals surface area contributed by atoms with Crippen molar-refractivity contribution >= 4 is 17.5 Å². The summed E-state index contributed by atoms with van der Waals surface area (Å²) >= 11 is 5.59. The first kappa shape index (κ1) is 13.1. The van der Waals surface area contributed by atoms with Crippen molar-refractivity contribution in [3.63, 3.8) is 0 Å². The average molecular weight is 219 g/mol. The predicted molar refractivity (Wildman–Crippen MR) is 44.8 cm³/mol. The second-order valence-electron chi connectivity index (χ2n) is 2.02. The zero-order chi connectivity index (χ0) is 8.97. The summed E-state index contributed by atoms with van der Waals surface area (Å²) in [4.78, 5) is 10.9. The number of hydrogen-bond donors (Lipinski definition) is 0. The molecule has 0 saturated heterocycles. The van der Waals surface area contributed by atoms with E-state index in [9.17, 15) is 4.79 Å². The maximum Gasteiger partial charge on any atom is 1.00 e. The first-order chi connectivity index (χ1) is 5.74. The Labute approximate surface area is 123 Å². The third-order valence-electron chi connectivity index (χ3n) is 1.24. The van der Waals surface area contributed by atoms with Gasteiger partial charge in [0.05, 0.1) is 0 Å². The van der Waals surface area contributed by atoms with Gasteiger partial charge in [0, 0.05) is 10.6 Å². The van der Waals surface area contributed by atoms with Crippen LogP contribution in [0.15, 0.2) is 24.3 Å². The monoisotopic (exact) mass is 218 g/mol. The molecule has 0 aliphatic heterocycles. The van der Waals surface area contributed by atoms with Crippen molar-refractivity contribution in [3.05, 3.63) is 40.2 Å². The summed E-state index contributed by atoms with van der Waals surface area (Å²) in [5.41, 5.74) is 0.362. The zero-order valence-corrected chi connectivity index (χ0v) is 10.9. The molecular weight excluding hydrogens is 215 g/mol. The van der Waals surface area contributed by atoms with Crippen molar-refractivity contribution in [1.29, 1.82) is 5.26 Å². The molecular formula is C8H4ClKN2O. The Morgan fingerprint density at radius 3 is 2.38 bits per heavy atom. The summed E-state index contributed by atoms with van der Waals surface area (Å²) in [7, 11) is 0. The number of rotatable bonds is 1.